The summed E-state index contributed by atoms with van der Waals surface area (Å²) in [6.45, 7) is 5.32. The molecule has 0 bridgehead atoms. The molecular formula is C22H32N4O4. The van der Waals surface area contributed by atoms with Gasteiger partial charge in [-0.15, -0.1) is 0 Å². The molecule has 30 heavy (non-hydrogen) atoms. The molecule has 0 saturated carbocycles. The first kappa shape index (κ1) is 23.6. The van der Waals surface area contributed by atoms with Crippen LogP contribution in [-0.4, -0.2) is 81.2 Å². The molecule has 2 heterocycles. The number of carbonyl (C=O) groups is 2. The first-order chi connectivity index (χ1) is 14.2. The zero-order valence-electron chi connectivity index (χ0n) is 18.7. The van der Waals surface area contributed by atoms with E-state index in [0.29, 0.717) is 41.3 Å². The molecule has 1 aromatic heterocycles. The maximum Gasteiger partial charge on any atom is 0.336 e. The van der Waals surface area contributed by atoms with E-state index in [0.717, 1.165) is 0 Å². The van der Waals surface area contributed by atoms with E-state index in [1.165, 1.54) is 0 Å². The molecule has 0 aliphatic carbocycles. The van der Waals surface area contributed by atoms with Gasteiger partial charge >= 0.3 is 11.9 Å². The number of pyridine rings is 1. The molecule has 0 amide bonds. The van der Waals surface area contributed by atoms with E-state index < -0.39 is 17.9 Å². The summed E-state index contributed by atoms with van der Waals surface area (Å²) in [5.41, 5.74) is 2.62. The second kappa shape index (κ2) is 10.9. The number of likely N-dealkylation sites (N-methyl/N-ethyl adjacent to an activating group) is 2. The van der Waals surface area contributed by atoms with Crippen molar-refractivity contribution >= 4 is 11.9 Å². The lowest BCUT2D eigenvalue weighted by molar-refractivity contribution is -0.140. The Morgan fingerprint density at radius 2 is 1.43 bits per heavy atom. The van der Waals surface area contributed by atoms with E-state index in [9.17, 15) is 9.59 Å². The van der Waals surface area contributed by atoms with Gasteiger partial charge in [-0.25, -0.2) is 9.59 Å². The standard InChI is InChI=1S/C22H32N4O4/c1-15-18(21(27)29-13-11-25(3)4)20(17-9-7-8-10-23-17)19(16(2)24-15)22(28)30-14-12-26(5)6/h7-10,20,24H,11-14H2,1-6H3. The zero-order chi connectivity index (χ0) is 22.3. The Labute approximate surface area is 178 Å². The molecule has 1 N–H and O–H groups in total. The third-order valence-electron chi connectivity index (χ3n) is 4.73. The van der Waals surface area contributed by atoms with E-state index in [2.05, 4.69) is 10.3 Å². The molecule has 0 atom stereocenters. The Morgan fingerprint density at radius 3 is 1.83 bits per heavy atom. The third kappa shape index (κ3) is 6.14. The first-order valence-corrected chi connectivity index (χ1v) is 9.95. The molecule has 8 nitrogen and oxygen atoms in total. The predicted molar refractivity (Wildman–Crippen MR) is 115 cm³/mol. The maximum atomic E-state index is 13.0. The number of carbonyl (C=O) groups excluding carboxylic acids is 2. The monoisotopic (exact) mass is 416 g/mol. The molecule has 2 rings (SSSR count). The fourth-order valence-corrected chi connectivity index (χ4v) is 3.17. The summed E-state index contributed by atoms with van der Waals surface area (Å²) in [5, 5.41) is 3.15. The molecule has 1 aliphatic heterocycles. The van der Waals surface area contributed by atoms with Crippen LogP contribution in [0.4, 0.5) is 0 Å². The molecule has 0 spiro atoms. The Hall–Kier alpha value is -2.71. The molecule has 1 aromatic rings. The average molecular weight is 417 g/mol. The summed E-state index contributed by atoms with van der Waals surface area (Å²) in [5.74, 6) is -1.60. The van der Waals surface area contributed by atoms with Crippen molar-refractivity contribution in [1.29, 1.82) is 0 Å². The first-order valence-electron chi connectivity index (χ1n) is 9.95. The number of hydrogen-bond donors (Lipinski definition) is 1. The van der Waals surface area contributed by atoms with Crippen molar-refractivity contribution in [2.45, 2.75) is 19.8 Å². The quantitative estimate of drug-likeness (QED) is 0.607. The SMILES string of the molecule is CC1=C(C(=O)OCCN(C)C)C(c2ccccn2)C(C(=O)OCCN(C)C)=C(C)N1. The molecule has 0 radical (unpaired) electrons. The predicted octanol–water partition coefficient (Wildman–Crippen LogP) is 1.53. The maximum absolute atomic E-state index is 13.0. The fourth-order valence-electron chi connectivity index (χ4n) is 3.17. The number of allylic oxidation sites excluding steroid dienone is 2. The number of nitrogens with one attached hydrogen (secondary N) is 1. The van der Waals surface area contributed by atoms with Crippen LogP contribution in [0.15, 0.2) is 46.9 Å². The van der Waals surface area contributed by atoms with Crippen LogP contribution in [0, 0.1) is 0 Å². The van der Waals surface area contributed by atoms with Gasteiger partial charge in [0.1, 0.15) is 13.2 Å². The van der Waals surface area contributed by atoms with E-state index in [1.807, 2.05) is 44.1 Å². The summed E-state index contributed by atoms with van der Waals surface area (Å²) in [4.78, 5) is 34.3. The van der Waals surface area contributed by atoms with E-state index in [-0.39, 0.29) is 13.2 Å². The molecule has 164 valence electrons. The minimum atomic E-state index is -0.661. The van der Waals surface area contributed by atoms with Crippen molar-refractivity contribution in [1.82, 2.24) is 20.1 Å². The zero-order valence-corrected chi connectivity index (χ0v) is 18.7. The third-order valence-corrected chi connectivity index (χ3v) is 4.73. The molecule has 0 unspecified atom stereocenters. The van der Waals surface area contributed by atoms with Crippen LogP contribution in [0.25, 0.3) is 0 Å². The highest BCUT2D eigenvalue weighted by molar-refractivity contribution is 5.99. The Morgan fingerprint density at radius 1 is 0.933 bits per heavy atom. The van der Waals surface area contributed by atoms with Crippen LogP contribution in [0.5, 0.6) is 0 Å². The number of ether oxygens (including phenoxy) is 2. The molecule has 0 aromatic carbocycles. The van der Waals surface area contributed by atoms with Gasteiger partial charge in [-0.2, -0.15) is 0 Å². The van der Waals surface area contributed by atoms with Crippen LogP contribution in [-0.2, 0) is 19.1 Å². The average Bonchev–Trinajstić information content (AvgIpc) is 2.67. The smallest absolute Gasteiger partial charge is 0.336 e. The molecule has 0 saturated heterocycles. The summed E-state index contributed by atoms with van der Waals surface area (Å²) in [7, 11) is 7.63. The second-order valence-electron chi connectivity index (χ2n) is 7.77. The highest BCUT2D eigenvalue weighted by atomic mass is 16.5. The van der Waals surface area contributed by atoms with Crippen LogP contribution in [0.3, 0.4) is 0 Å². The summed E-state index contributed by atoms with van der Waals surface area (Å²) >= 11 is 0. The fraction of sp³-hybridized carbons (Fsp3) is 0.500. The van der Waals surface area contributed by atoms with Crippen LogP contribution in [0.2, 0.25) is 0 Å². The van der Waals surface area contributed by atoms with Crippen LogP contribution >= 0.6 is 0 Å². The molecule has 1 aliphatic rings. The number of nitrogens with zero attached hydrogens (tertiary/aromatic N) is 3. The number of esters is 2. The normalized spacial score (nSPS) is 14.9. The lowest BCUT2D eigenvalue weighted by Gasteiger charge is -2.30. The van der Waals surface area contributed by atoms with E-state index in [1.54, 1.807) is 32.2 Å². The van der Waals surface area contributed by atoms with E-state index >= 15 is 0 Å². The van der Waals surface area contributed by atoms with Crippen LogP contribution < -0.4 is 5.32 Å². The largest absolute Gasteiger partial charge is 0.461 e. The lowest BCUT2D eigenvalue weighted by atomic mass is 9.83. The topological polar surface area (TPSA) is 84.0 Å². The van der Waals surface area contributed by atoms with Crippen molar-refractivity contribution in [3.05, 3.63) is 52.6 Å². The van der Waals surface area contributed by atoms with Crippen LogP contribution in [0.1, 0.15) is 25.5 Å². The van der Waals surface area contributed by atoms with E-state index in [4.69, 9.17) is 9.47 Å². The lowest BCUT2D eigenvalue weighted by Crippen LogP contribution is -2.34. The Bertz CT molecular complexity index is 768. The summed E-state index contributed by atoms with van der Waals surface area (Å²) in [6.07, 6.45) is 1.64. The molecular weight excluding hydrogens is 384 g/mol. The van der Waals surface area contributed by atoms with Crippen molar-refractivity contribution < 1.29 is 19.1 Å². The summed E-state index contributed by atoms with van der Waals surface area (Å²) in [6, 6.07) is 5.43. The van der Waals surface area contributed by atoms with Gasteiger partial charge in [-0.1, -0.05) is 6.07 Å². The van der Waals surface area contributed by atoms with Crippen molar-refractivity contribution in [3.63, 3.8) is 0 Å². The van der Waals surface area contributed by atoms with Gasteiger partial charge < -0.3 is 24.6 Å². The van der Waals surface area contributed by atoms with Gasteiger partial charge in [-0.05, 0) is 54.2 Å². The second-order valence-corrected chi connectivity index (χ2v) is 7.77. The number of rotatable bonds is 9. The van der Waals surface area contributed by atoms with Gasteiger partial charge in [0.2, 0.25) is 0 Å². The van der Waals surface area contributed by atoms with Crippen molar-refractivity contribution in [2.75, 3.05) is 54.5 Å². The molecule has 8 heteroatoms. The highest BCUT2D eigenvalue weighted by Gasteiger charge is 2.38. The minimum absolute atomic E-state index is 0.253. The van der Waals surface area contributed by atoms with Gasteiger partial charge in [0, 0.05) is 30.7 Å². The minimum Gasteiger partial charge on any atom is -0.461 e. The van der Waals surface area contributed by atoms with Gasteiger partial charge in [0.15, 0.2) is 0 Å². The number of dihydropyridines is 1. The Balaban J connectivity index is 2.37. The van der Waals surface area contributed by atoms with Gasteiger partial charge in [0.05, 0.1) is 22.8 Å². The van der Waals surface area contributed by atoms with Crippen molar-refractivity contribution in [3.8, 4) is 0 Å². The highest BCUT2D eigenvalue weighted by Crippen LogP contribution is 2.38. The Kier molecular flexibility index (Phi) is 8.56. The number of hydrogen-bond acceptors (Lipinski definition) is 8. The van der Waals surface area contributed by atoms with Gasteiger partial charge in [-0.3, -0.25) is 4.98 Å². The summed E-state index contributed by atoms with van der Waals surface area (Å²) < 4.78 is 11.0. The van der Waals surface area contributed by atoms with Crippen molar-refractivity contribution in [2.24, 2.45) is 0 Å². The molecule has 0 fully saturated rings. The van der Waals surface area contributed by atoms with Gasteiger partial charge in [0.25, 0.3) is 0 Å². The number of aromatic nitrogens is 1.